The van der Waals surface area contributed by atoms with Crippen LogP contribution < -0.4 is 0 Å². The Kier molecular flexibility index (Phi) is 4.47. The van der Waals surface area contributed by atoms with Gasteiger partial charge in [0.15, 0.2) is 0 Å². The van der Waals surface area contributed by atoms with Gasteiger partial charge in [0.2, 0.25) is 0 Å². The van der Waals surface area contributed by atoms with Crippen LogP contribution in [0.25, 0.3) is 0 Å². The van der Waals surface area contributed by atoms with Crippen molar-refractivity contribution in [3.05, 3.63) is 101 Å². The third-order valence-electron chi connectivity index (χ3n) is 4.82. The van der Waals surface area contributed by atoms with E-state index in [1.54, 1.807) is 24.3 Å². The van der Waals surface area contributed by atoms with E-state index in [0.717, 1.165) is 11.3 Å². The molecular weight excluding hydrogens is 336 g/mol. The number of nitrogens with zero attached hydrogens (tertiary/aromatic N) is 2. The maximum atomic E-state index is 13.1. The van der Waals surface area contributed by atoms with Crippen molar-refractivity contribution in [2.45, 2.75) is 19.4 Å². The highest BCUT2D eigenvalue weighted by Gasteiger charge is 2.34. The Morgan fingerprint density at radius 2 is 1.63 bits per heavy atom. The maximum Gasteiger partial charge on any atom is 0.274 e. The van der Waals surface area contributed by atoms with Crippen molar-refractivity contribution in [2.24, 2.45) is 5.10 Å². The van der Waals surface area contributed by atoms with E-state index < -0.39 is 0 Å². The molecule has 0 saturated carbocycles. The third-order valence-corrected chi connectivity index (χ3v) is 4.82. The number of aromatic hydroxyl groups is 1. The van der Waals surface area contributed by atoms with Gasteiger partial charge in [-0.2, -0.15) is 5.10 Å². The second-order valence-electron chi connectivity index (χ2n) is 6.71. The SMILES string of the molecule is Cc1ccc(C2=NN(C(=O)c3ccccc3)[C@@H](c3ccccc3O)C2)cc1. The number of aryl methyl sites for hydroxylation is 1. The molecule has 1 aliphatic heterocycles. The molecule has 134 valence electrons. The lowest BCUT2D eigenvalue weighted by atomic mass is 9.97. The summed E-state index contributed by atoms with van der Waals surface area (Å²) in [6.45, 7) is 2.04. The summed E-state index contributed by atoms with van der Waals surface area (Å²) in [5.74, 6) is -0.000294. The van der Waals surface area contributed by atoms with Crippen LogP contribution in [-0.4, -0.2) is 21.7 Å². The van der Waals surface area contributed by atoms with Gasteiger partial charge in [0.1, 0.15) is 5.75 Å². The average Bonchev–Trinajstić information content (AvgIpc) is 3.14. The van der Waals surface area contributed by atoms with E-state index in [2.05, 4.69) is 5.10 Å². The number of amides is 1. The van der Waals surface area contributed by atoms with E-state index in [9.17, 15) is 9.90 Å². The molecule has 1 atom stereocenters. The molecule has 0 spiro atoms. The highest BCUT2D eigenvalue weighted by Crippen LogP contribution is 2.37. The minimum Gasteiger partial charge on any atom is -0.508 e. The monoisotopic (exact) mass is 356 g/mol. The normalized spacial score (nSPS) is 16.3. The van der Waals surface area contributed by atoms with Gasteiger partial charge in [-0.1, -0.05) is 66.2 Å². The van der Waals surface area contributed by atoms with Crippen molar-refractivity contribution in [1.82, 2.24) is 5.01 Å². The molecule has 0 aliphatic carbocycles. The van der Waals surface area contributed by atoms with E-state index in [4.69, 9.17) is 0 Å². The Bertz CT molecular complexity index is 994. The van der Waals surface area contributed by atoms with Gasteiger partial charge < -0.3 is 5.11 Å². The number of rotatable bonds is 3. The van der Waals surface area contributed by atoms with Crippen LogP contribution in [0, 0.1) is 6.92 Å². The van der Waals surface area contributed by atoms with E-state index >= 15 is 0 Å². The molecule has 0 bridgehead atoms. The van der Waals surface area contributed by atoms with Gasteiger partial charge in [-0.25, -0.2) is 5.01 Å². The summed E-state index contributed by atoms with van der Waals surface area (Å²) in [6.07, 6.45) is 0.555. The van der Waals surface area contributed by atoms with Crippen LogP contribution in [-0.2, 0) is 0 Å². The number of hydrogen-bond donors (Lipinski definition) is 1. The van der Waals surface area contributed by atoms with Gasteiger partial charge in [0.05, 0.1) is 11.8 Å². The number of para-hydroxylation sites is 1. The van der Waals surface area contributed by atoms with Gasteiger partial charge in [0.25, 0.3) is 5.91 Å². The third kappa shape index (κ3) is 3.34. The Morgan fingerprint density at radius 1 is 0.963 bits per heavy atom. The number of phenols is 1. The molecular formula is C23H20N2O2. The van der Waals surface area contributed by atoms with Crippen molar-refractivity contribution in [3.63, 3.8) is 0 Å². The largest absolute Gasteiger partial charge is 0.508 e. The molecule has 1 heterocycles. The van der Waals surface area contributed by atoms with Gasteiger partial charge in [-0.15, -0.1) is 0 Å². The van der Waals surface area contributed by atoms with Crippen molar-refractivity contribution in [1.29, 1.82) is 0 Å². The summed E-state index contributed by atoms with van der Waals surface area (Å²) >= 11 is 0. The van der Waals surface area contributed by atoms with Crippen LogP contribution >= 0.6 is 0 Å². The molecule has 3 aromatic rings. The highest BCUT2D eigenvalue weighted by atomic mass is 16.3. The molecule has 4 nitrogen and oxygen atoms in total. The summed E-state index contributed by atoms with van der Waals surface area (Å²) < 4.78 is 0. The quantitative estimate of drug-likeness (QED) is 0.740. The first-order valence-electron chi connectivity index (χ1n) is 8.94. The number of phenolic OH excluding ortho intramolecular Hbond substituents is 1. The van der Waals surface area contributed by atoms with Crippen molar-refractivity contribution < 1.29 is 9.90 Å². The number of benzene rings is 3. The Morgan fingerprint density at radius 3 is 2.33 bits per heavy atom. The minimum absolute atomic E-state index is 0.175. The van der Waals surface area contributed by atoms with Crippen LogP contribution in [0.3, 0.4) is 0 Å². The van der Waals surface area contributed by atoms with Crippen molar-refractivity contribution in [3.8, 4) is 5.75 Å². The predicted molar refractivity (Wildman–Crippen MR) is 106 cm³/mol. The molecule has 27 heavy (non-hydrogen) atoms. The van der Waals surface area contributed by atoms with Gasteiger partial charge in [-0.05, 0) is 30.7 Å². The van der Waals surface area contributed by atoms with Crippen LogP contribution in [0.2, 0.25) is 0 Å². The van der Waals surface area contributed by atoms with Crippen molar-refractivity contribution >= 4 is 11.6 Å². The lowest BCUT2D eigenvalue weighted by Crippen LogP contribution is -2.27. The molecule has 4 heteroatoms. The summed E-state index contributed by atoms with van der Waals surface area (Å²) in [7, 11) is 0. The molecule has 0 radical (unpaired) electrons. The van der Waals surface area contributed by atoms with E-state index in [1.165, 1.54) is 10.6 Å². The zero-order valence-electron chi connectivity index (χ0n) is 15.0. The van der Waals surface area contributed by atoms with Crippen molar-refractivity contribution in [2.75, 3.05) is 0 Å². The maximum absolute atomic E-state index is 13.1. The van der Waals surface area contributed by atoms with E-state index in [-0.39, 0.29) is 17.7 Å². The average molecular weight is 356 g/mol. The van der Waals surface area contributed by atoms with Crippen LogP contribution in [0.15, 0.2) is 84.0 Å². The fourth-order valence-corrected chi connectivity index (χ4v) is 3.34. The zero-order valence-corrected chi connectivity index (χ0v) is 15.0. The van der Waals surface area contributed by atoms with Gasteiger partial charge in [-0.3, -0.25) is 4.79 Å². The van der Waals surface area contributed by atoms with E-state index in [1.807, 2.05) is 61.5 Å². The van der Waals surface area contributed by atoms with Gasteiger partial charge in [0, 0.05) is 17.5 Å². The fourth-order valence-electron chi connectivity index (χ4n) is 3.34. The molecule has 0 aromatic heterocycles. The van der Waals surface area contributed by atoms with Gasteiger partial charge >= 0.3 is 0 Å². The number of hydrogen-bond acceptors (Lipinski definition) is 3. The molecule has 1 aliphatic rings. The summed E-state index contributed by atoms with van der Waals surface area (Å²) in [6, 6.07) is 24.0. The second-order valence-corrected chi connectivity index (χ2v) is 6.71. The summed E-state index contributed by atoms with van der Waals surface area (Å²) in [5.41, 5.74) is 4.28. The number of carbonyl (C=O) groups is 1. The Hall–Kier alpha value is -3.40. The molecule has 0 unspecified atom stereocenters. The first-order valence-corrected chi connectivity index (χ1v) is 8.94. The topological polar surface area (TPSA) is 52.9 Å². The minimum atomic E-state index is -0.338. The smallest absolute Gasteiger partial charge is 0.274 e. The Balaban J connectivity index is 1.75. The Labute approximate surface area is 158 Å². The number of carbonyl (C=O) groups excluding carboxylic acids is 1. The van der Waals surface area contributed by atoms with Crippen LogP contribution in [0.1, 0.15) is 39.5 Å². The molecule has 1 N–H and O–H groups in total. The van der Waals surface area contributed by atoms with E-state index in [0.29, 0.717) is 17.5 Å². The first kappa shape index (κ1) is 17.0. The number of hydrazone groups is 1. The standard InChI is InChI=1S/C23H20N2O2/c1-16-11-13-17(14-12-16)20-15-21(19-9-5-6-10-22(19)26)25(24-20)23(27)18-7-3-2-4-8-18/h2-14,21,26H,15H2,1H3/t21-/m1/s1. The van der Waals surface area contributed by atoms with Crippen LogP contribution in [0.4, 0.5) is 0 Å². The second kappa shape index (κ2) is 7.08. The lowest BCUT2D eigenvalue weighted by molar-refractivity contribution is 0.0709. The molecule has 4 rings (SSSR count). The lowest BCUT2D eigenvalue weighted by Gasteiger charge is -2.22. The predicted octanol–water partition coefficient (Wildman–Crippen LogP) is 4.69. The zero-order chi connectivity index (χ0) is 18.8. The summed E-state index contributed by atoms with van der Waals surface area (Å²) in [4.78, 5) is 13.1. The molecule has 1 amide bonds. The molecule has 3 aromatic carbocycles. The molecule has 0 saturated heterocycles. The molecule has 0 fully saturated rings. The summed E-state index contributed by atoms with van der Waals surface area (Å²) in [5, 5.41) is 16.5. The highest BCUT2D eigenvalue weighted by molar-refractivity contribution is 6.05. The first-order chi connectivity index (χ1) is 13.1. The van der Waals surface area contributed by atoms with Crippen LogP contribution in [0.5, 0.6) is 5.75 Å². The fraction of sp³-hybridized carbons (Fsp3) is 0.130.